The van der Waals surface area contributed by atoms with Gasteiger partial charge in [-0.05, 0) is 50.1 Å². The molecule has 2 aromatic rings. The second-order valence-corrected chi connectivity index (χ2v) is 6.40. The van der Waals surface area contributed by atoms with E-state index in [1.807, 2.05) is 0 Å². The molecule has 0 aliphatic carbocycles. The number of nitrogens with zero attached hydrogens (tertiary/aromatic N) is 1. The number of hydrogen-bond donors (Lipinski definition) is 1. The first-order valence-electron chi connectivity index (χ1n) is 6.95. The van der Waals surface area contributed by atoms with E-state index >= 15 is 0 Å². The fourth-order valence-electron chi connectivity index (χ4n) is 3.13. The minimum atomic E-state index is 0.974. The Labute approximate surface area is 128 Å². The molecule has 0 saturated carbocycles. The van der Waals surface area contributed by atoms with Gasteiger partial charge in [-0.3, -0.25) is 0 Å². The largest absolute Gasteiger partial charge is 0.382 e. The zero-order valence-corrected chi connectivity index (χ0v) is 13.7. The topological polar surface area (TPSA) is 15.3 Å². The highest BCUT2D eigenvalue weighted by molar-refractivity contribution is 9.10. The van der Waals surface area contributed by atoms with Crippen molar-refractivity contribution in [3.8, 4) is 0 Å². The molecule has 0 atom stereocenters. The van der Waals surface area contributed by atoms with E-state index in [4.69, 9.17) is 0 Å². The van der Waals surface area contributed by atoms with Gasteiger partial charge >= 0.3 is 0 Å². The molecule has 104 valence electrons. The summed E-state index contributed by atoms with van der Waals surface area (Å²) in [5.74, 6) is 0. The minimum absolute atomic E-state index is 0.974. The number of anilines is 3. The van der Waals surface area contributed by atoms with Gasteiger partial charge in [0.25, 0.3) is 0 Å². The second kappa shape index (κ2) is 5.13. The lowest BCUT2D eigenvalue weighted by Gasteiger charge is -2.34. The standard InChI is InChI=1S/C17H19BrN2/c1-11-8-12(2)17(13(3)9-11)20-7-6-19-15-5-4-14(18)10-16(15)20/h4-5,8-10,19H,6-7H2,1-3H3. The monoisotopic (exact) mass is 330 g/mol. The van der Waals surface area contributed by atoms with Gasteiger partial charge in [0, 0.05) is 23.2 Å². The van der Waals surface area contributed by atoms with Crippen LogP contribution in [-0.2, 0) is 0 Å². The second-order valence-electron chi connectivity index (χ2n) is 5.49. The van der Waals surface area contributed by atoms with E-state index in [-0.39, 0.29) is 0 Å². The summed E-state index contributed by atoms with van der Waals surface area (Å²) in [6, 6.07) is 11.0. The fourth-order valence-corrected chi connectivity index (χ4v) is 3.48. The molecule has 0 unspecified atom stereocenters. The van der Waals surface area contributed by atoms with Crippen molar-refractivity contribution in [3.05, 3.63) is 51.5 Å². The Hall–Kier alpha value is -1.48. The lowest BCUT2D eigenvalue weighted by atomic mass is 10.0. The molecule has 0 radical (unpaired) electrons. The molecule has 20 heavy (non-hydrogen) atoms. The molecule has 3 heteroatoms. The van der Waals surface area contributed by atoms with Crippen LogP contribution < -0.4 is 10.2 Å². The molecule has 0 aromatic heterocycles. The van der Waals surface area contributed by atoms with Crippen molar-refractivity contribution in [2.24, 2.45) is 0 Å². The van der Waals surface area contributed by atoms with Gasteiger partial charge in [0.05, 0.1) is 11.4 Å². The van der Waals surface area contributed by atoms with E-state index in [9.17, 15) is 0 Å². The van der Waals surface area contributed by atoms with Crippen molar-refractivity contribution in [1.82, 2.24) is 0 Å². The van der Waals surface area contributed by atoms with Crippen LogP contribution in [0.5, 0.6) is 0 Å². The van der Waals surface area contributed by atoms with Crippen LogP contribution in [0, 0.1) is 20.8 Å². The third-order valence-electron chi connectivity index (χ3n) is 3.81. The Balaban J connectivity index is 2.16. The molecule has 2 aromatic carbocycles. The van der Waals surface area contributed by atoms with Crippen molar-refractivity contribution in [1.29, 1.82) is 0 Å². The van der Waals surface area contributed by atoms with Gasteiger partial charge in [-0.25, -0.2) is 0 Å². The number of fused-ring (bicyclic) bond motifs is 1. The first-order chi connectivity index (χ1) is 9.56. The lowest BCUT2D eigenvalue weighted by molar-refractivity contribution is 0.917. The van der Waals surface area contributed by atoms with Gasteiger partial charge in [0.1, 0.15) is 0 Å². The third kappa shape index (κ3) is 2.31. The summed E-state index contributed by atoms with van der Waals surface area (Å²) < 4.78 is 1.12. The van der Waals surface area contributed by atoms with Crippen molar-refractivity contribution in [3.63, 3.8) is 0 Å². The molecule has 2 nitrogen and oxygen atoms in total. The number of benzene rings is 2. The van der Waals surface area contributed by atoms with Crippen molar-refractivity contribution in [2.75, 3.05) is 23.3 Å². The highest BCUT2D eigenvalue weighted by atomic mass is 79.9. The zero-order valence-electron chi connectivity index (χ0n) is 12.1. The Morgan fingerprint density at radius 1 is 1.05 bits per heavy atom. The van der Waals surface area contributed by atoms with Crippen LogP contribution in [0.1, 0.15) is 16.7 Å². The van der Waals surface area contributed by atoms with Gasteiger partial charge < -0.3 is 10.2 Å². The Morgan fingerprint density at radius 2 is 1.75 bits per heavy atom. The number of hydrogen-bond acceptors (Lipinski definition) is 2. The van der Waals surface area contributed by atoms with E-state index in [0.29, 0.717) is 0 Å². The maximum atomic E-state index is 3.58. The number of halogens is 1. The highest BCUT2D eigenvalue weighted by Crippen LogP contribution is 2.39. The third-order valence-corrected chi connectivity index (χ3v) is 4.30. The summed E-state index contributed by atoms with van der Waals surface area (Å²) in [5, 5.41) is 3.48. The average Bonchev–Trinajstić information content (AvgIpc) is 2.38. The molecule has 1 N–H and O–H groups in total. The maximum Gasteiger partial charge on any atom is 0.0658 e. The molecule has 0 amide bonds. The summed E-state index contributed by atoms with van der Waals surface area (Å²) in [4.78, 5) is 2.43. The van der Waals surface area contributed by atoms with E-state index in [0.717, 1.165) is 17.6 Å². The molecule has 1 aliphatic heterocycles. The summed E-state index contributed by atoms with van der Waals surface area (Å²) in [7, 11) is 0. The predicted molar refractivity (Wildman–Crippen MR) is 90.3 cm³/mol. The number of aryl methyl sites for hydroxylation is 3. The summed E-state index contributed by atoms with van der Waals surface area (Å²) in [6.45, 7) is 8.53. The van der Waals surface area contributed by atoms with Gasteiger partial charge in [-0.1, -0.05) is 33.6 Å². The average molecular weight is 331 g/mol. The normalized spacial score (nSPS) is 13.9. The number of nitrogens with one attached hydrogen (secondary N) is 1. The molecule has 0 saturated heterocycles. The van der Waals surface area contributed by atoms with E-state index in [1.54, 1.807) is 0 Å². The first kappa shape index (κ1) is 13.5. The zero-order chi connectivity index (χ0) is 14.3. The summed E-state index contributed by atoms with van der Waals surface area (Å²) >= 11 is 3.58. The molecule has 1 aliphatic rings. The highest BCUT2D eigenvalue weighted by Gasteiger charge is 2.21. The van der Waals surface area contributed by atoms with Gasteiger partial charge in [-0.2, -0.15) is 0 Å². The van der Waals surface area contributed by atoms with E-state index < -0.39 is 0 Å². The molecule has 0 bridgehead atoms. The van der Waals surface area contributed by atoms with Crippen LogP contribution >= 0.6 is 15.9 Å². The molecule has 3 rings (SSSR count). The molecule has 0 spiro atoms. The van der Waals surface area contributed by atoms with Crippen molar-refractivity contribution >= 4 is 33.0 Å². The molecule has 0 fully saturated rings. The summed E-state index contributed by atoms with van der Waals surface area (Å²) in [5.41, 5.74) is 7.81. The van der Waals surface area contributed by atoms with Crippen LogP contribution in [-0.4, -0.2) is 13.1 Å². The van der Waals surface area contributed by atoms with Crippen LogP contribution in [0.3, 0.4) is 0 Å². The van der Waals surface area contributed by atoms with Gasteiger partial charge in [0.2, 0.25) is 0 Å². The lowest BCUT2D eigenvalue weighted by Crippen LogP contribution is -2.31. The van der Waals surface area contributed by atoms with Crippen LogP contribution in [0.25, 0.3) is 0 Å². The van der Waals surface area contributed by atoms with Crippen LogP contribution in [0.2, 0.25) is 0 Å². The minimum Gasteiger partial charge on any atom is -0.382 e. The fraction of sp³-hybridized carbons (Fsp3) is 0.294. The number of rotatable bonds is 1. The van der Waals surface area contributed by atoms with E-state index in [1.165, 1.54) is 33.8 Å². The Morgan fingerprint density at radius 3 is 2.45 bits per heavy atom. The SMILES string of the molecule is Cc1cc(C)c(N2CCNc3ccc(Br)cc32)c(C)c1. The maximum absolute atomic E-state index is 3.58. The van der Waals surface area contributed by atoms with Crippen molar-refractivity contribution < 1.29 is 0 Å². The Bertz CT molecular complexity index is 641. The molecular weight excluding hydrogens is 312 g/mol. The molecule has 1 heterocycles. The van der Waals surface area contributed by atoms with Crippen molar-refractivity contribution in [2.45, 2.75) is 20.8 Å². The Kier molecular flexibility index (Phi) is 3.47. The van der Waals surface area contributed by atoms with Crippen LogP contribution in [0.15, 0.2) is 34.8 Å². The predicted octanol–water partition coefficient (Wildman–Crippen LogP) is 4.94. The van der Waals surface area contributed by atoms with Gasteiger partial charge in [0.15, 0.2) is 0 Å². The summed E-state index contributed by atoms with van der Waals surface area (Å²) in [6.07, 6.45) is 0. The first-order valence-corrected chi connectivity index (χ1v) is 7.74. The quantitative estimate of drug-likeness (QED) is 0.796. The molecular formula is C17H19BrN2. The smallest absolute Gasteiger partial charge is 0.0658 e. The van der Waals surface area contributed by atoms with Crippen LogP contribution in [0.4, 0.5) is 17.1 Å². The van der Waals surface area contributed by atoms with Gasteiger partial charge in [-0.15, -0.1) is 0 Å². The van der Waals surface area contributed by atoms with E-state index in [2.05, 4.69) is 77.2 Å².